The van der Waals surface area contributed by atoms with Crippen LogP contribution in [0.4, 0.5) is 0 Å². The maximum atomic E-state index is 4.32. The second kappa shape index (κ2) is 5.82. The molecule has 0 bridgehead atoms. The molecule has 0 aliphatic rings. The fraction of sp³-hybridized carbons (Fsp3) is 0.143. The van der Waals surface area contributed by atoms with Gasteiger partial charge in [0.2, 0.25) is 0 Å². The van der Waals surface area contributed by atoms with Gasteiger partial charge in [-0.3, -0.25) is 9.97 Å². The summed E-state index contributed by atoms with van der Waals surface area (Å²) in [5, 5.41) is 0. The zero-order valence-electron chi connectivity index (χ0n) is 10.1. The largest absolute Gasteiger partial charge is 0.261 e. The lowest BCUT2D eigenvalue weighted by atomic mass is 10.0. The zero-order valence-corrected chi connectivity index (χ0v) is 10.1. The van der Waals surface area contributed by atoms with E-state index in [1.165, 1.54) is 0 Å². The molecule has 2 aromatic heterocycles. The molecule has 0 N–H and O–H groups in total. The van der Waals surface area contributed by atoms with Crippen molar-refractivity contribution in [2.45, 2.75) is 12.8 Å². The topological polar surface area (TPSA) is 51.6 Å². The molecule has 18 heavy (non-hydrogen) atoms. The highest BCUT2D eigenvalue weighted by molar-refractivity contribution is 5.64. The van der Waals surface area contributed by atoms with Gasteiger partial charge in [0.15, 0.2) is 0 Å². The molecule has 0 aliphatic carbocycles. The normalized spacial score (nSPS) is 10.0. The van der Waals surface area contributed by atoms with E-state index in [-0.39, 0.29) is 0 Å². The van der Waals surface area contributed by atoms with Crippen molar-refractivity contribution in [3.8, 4) is 11.3 Å². The monoisotopic (exact) mass is 238 g/mol. The third kappa shape index (κ3) is 2.48. The highest BCUT2D eigenvalue weighted by Crippen LogP contribution is 2.23. The Balaban J connectivity index is 2.59. The Kier molecular flexibility index (Phi) is 3.91. The minimum Gasteiger partial charge on any atom is -0.261 e. The number of aromatic nitrogens is 4. The predicted octanol–water partition coefficient (Wildman–Crippen LogP) is 2.39. The molecule has 0 amide bonds. The first-order chi connectivity index (χ1) is 8.86. The molecule has 2 rings (SSSR count). The lowest BCUT2D eigenvalue weighted by Gasteiger charge is -2.10. The molecule has 0 fully saturated rings. The summed E-state index contributed by atoms with van der Waals surface area (Å²) >= 11 is 0. The van der Waals surface area contributed by atoms with Gasteiger partial charge in [-0.1, -0.05) is 12.2 Å². The van der Waals surface area contributed by atoms with Gasteiger partial charge in [0.1, 0.15) is 6.33 Å². The van der Waals surface area contributed by atoms with E-state index in [1.54, 1.807) is 24.9 Å². The van der Waals surface area contributed by atoms with E-state index in [0.717, 1.165) is 22.6 Å². The molecule has 0 aliphatic heterocycles. The summed E-state index contributed by atoms with van der Waals surface area (Å²) < 4.78 is 0. The lowest BCUT2D eigenvalue weighted by molar-refractivity contribution is 0.985. The quantitative estimate of drug-likeness (QED) is 0.750. The van der Waals surface area contributed by atoms with Crippen LogP contribution in [0, 0.1) is 0 Å². The second-order valence-corrected chi connectivity index (χ2v) is 3.72. The predicted molar refractivity (Wildman–Crippen MR) is 70.9 cm³/mol. The lowest BCUT2D eigenvalue weighted by Crippen LogP contribution is -2.02. The third-order valence-corrected chi connectivity index (χ3v) is 2.50. The van der Waals surface area contributed by atoms with Crippen LogP contribution < -0.4 is 0 Å². The van der Waals surface area contributed by atoms with Crippen molar-refractivity contribution >= 4 is 0 Å². The van der Waals surface area contributed by atoms with Crippen LogP contribution in [0.2, 0.25) is 0 Å². The Hall–Kier alpha value is -2.36. The Morgan fingerprint density at radius 1 is 0.944 bits per heavy atom. The maximum absolute atomic E-state index is 4.32. The summed E-state index contributed by atoms with van der Waals surface area (Å²) in [5.74, 6) is 0. The van der Waals surface area contributed by atoms with Gasteiger partial charge in [0, 0.05) is 30.8 Å². The molecule has 2 heterocycles. The summed E-state index contributed by atoms with van der Waals surface area (Å²) in [7, 11) is 0. The van der Waals surface area contributed by atoms with Crippen LogP contribution >= 0.6 is 0 Å². The van der Waals surface area contributed by atoms with Crippen molar-refractivity contribution < 1.29 is 0 Å². The molecule has 0 saturated heterocycles. The van der Waals surface area contributed by atoms with Crippen molar-refractivity contribution in [2.75, 3.05) is 0 Å². The zero-order chi connectivity index (χ0) is 12.8. The van der Waals surface area contributed by atoms with Gasteiger partial charge in [0.25, 0.3) is 0 Å². The Morgan fingerprint density at radius 2 is 1.61 bits per heavy atom. The van der Waals surface area contributed by atoms with Crippen LogP contribution in [0.25, 0.3) is 11.3 Å². The van der Waals surface area contributed by atoms with E-state index in [9.17, 15) is 0 Å². The van der Waals surface area contributed by atoms with Crippen LogP contribution in [0.3, 0.4) is 0 Å². The van der Waals surface area contributed by atoms with Crippen molar-refractivity contribution in [3.63, 3.8) is 0 Å². The standard InChI is InChI=1S/C14H14N4/c1-3-5-11-14(13-9-15-7-8-16-13)12(6-4-2)18-10-17-11/h3-4,7-10H,1-2,5-6H2. The molecule has 2 aromatic rings. The van der Waals surface area contributed by atoms with E-state index in [4.69, 9.17) is 0 Å². The van der Waals surface area contributed by atoms with Gasteiger partial charge in [0.05, 0.1) is 23.3 Å². The summed E-state index contributed by atoms with van der Waals surface area (Å²) in [6, 6.07) is 0. The first kappa shape index (κ1) is 12.1. The molecule has 0 radical (unpaired) electrons. The van der Waals surface area contributed by atoms with Crippen molar-refractivity contribution in [2.24, 2.45) is 0 Å². The fourth-order valence-electron chi connectivity index (χ4n) is 1.77. The van der Waals surface area contributed by atoms with Crippen molar-refractivity contribution in [1.29, 1.82) is 0 Å². The van der Waals surface area contributed by atoms with Crippen molar-refractivity contribution in [1.82, 2.24) is 19.9 Å². The van der Waals surface area contributed by atoms with Gasteiger partial charge >= 0.3 is 0 Å². The molecule has 4 nitrogen and oxygen atoms in total. The van der Waals surface area contributed by atoms with Gasteiger partial charge in [-0.2, -0.15) is 0 Å². The average Bonchev–Trinajstić information content (AvgIpc) is 2.41. The molecule has 0 unspecified atom stereocenters. The Morgan fingerprint density at radius 3 is 2.11 bits per heavy atom. The number of rotatable bonds is 5. The van der Waals surface area contributed by atoms with E-state index in [0.29, 0.717) is 12.8 Å². The minimum atomic E-state index is 0.679. The van der Waals surface area contributed by atoms with E-state index >= 15 is 0 Å². The first-order valence-corrected chi connectivity index (χ1v) is 5.67. The number of nitrogens with zero attached hydrogens (tertiary/aromatic N) is 4. The summed E-state index contributed by atoms with van der Waals surface area (Å²) in [4.78, 5) is 17.0. The number of hydrogen-bond acceptors (Lipinski definition) is 4. The van der Waals surface area contributed by atoms with Gasteiger partial charge in [-0.05, 0) is 0 Å². The maximum Gasteiger partial charge on any atom is 0.116 e. The summed E-state index contributed by atoms with van der Waals surface area (Å²) in [6.07, 6.45) is 11.6. The van der Waals surface area contributed by atoms with E-state index in [1.807, 2.05) is 12.2 Å². The Labute approximate surface area is 106 Å². The third-order valence-electron chi connectivity index (χ3n) is 2.50. The molecular weight excluding hydrogens is 224 g/mol. The van der Waals surface area contributed by atoms with E-state index < -0.39 is 0 Å². The van der Waals surface area contributed by atoms with Gasteiger partial charge in [-0.15, -0.1) is 13.2 Å². The molecule has 90 valence electrons. The second-order valence-electron chi connectivity index (χ2n) is 3.72. The van der Waals surface area contributed by atoms with Crippen LogP contribution in [0.15, 0.2) is 50.2 Å². The van der Waals surface area contributed by atoms with Crippen LogP contribution in [-0.4, -0.2) is 19.9 Å². The molecule has 0 aromatic carbocycles. The summed E-state index contributed by atoms with van der Waals surface area (Å²) in [6.45, 7) is 7.50. The minimum absolute atomic E-state index is 0.679. The van der Waals surface area contributed by atoms with Gasteiger partial charge in [-0.25, -0.2) is 9.97 Å². The van der Waals surface area contributed by atoms with Crippen LogP contribution in [0.5, 0.6) is 0 Å². The molecule has 0 saturated carbocycles. The smallest absolute Gasteiger partial charge is 0.116 e. The Bertz CT molecular complexity index is 521. The molecule has 0 spiro atoms. The first-order valence-electron chi connectivity index (χ1n) is 5.67. The SMILES string of the molecule is C=CCc1ncnc(CC=C)c1-c1cnccn1. The summed E-state index contributed by atoms with van der Waals surface area (Å²) in [5.41, 5.74) is 3.55. The number of allylic oxidation sites excluding steroid dienone is 2. The molecule has 4 heteroatoms. The van der Waals surface area contributed by atoms with E-state index in [2.05, 4.69) is 33.1 Å². The average molecular weight is 238 g/mol. The van der Waals surface area contributed by atoms with Gasteiger partial charge < -0.3 is 0 Å². The molecular formula is C14H14N4. The van der Waals surface area contributed by atoms with Crippen LogP contribution in [-0.2, 0) is 12.8 Å². The fourth-order valence-corrected chi connectivity index (χ4v) is 1.77. The molecule has 0 atom stereocenters. The number of hydrogen-bond donors (Lipinski definition) is 0. The highest BCUT2D eigenvalue weighted by atomic mass is 14.9. The van der Waals surface area contributed by atoms with Crippen molar-refractivity contribution in [3.05, 3.63) is 61.6 Å². The highest BCUT2D eigenvalue weighted by Gasteiger charge is 2.12. The van der Waals surface area contributed by atoms with Crippen LogP contribution in [0.1, 0.15) is 11.4 Å².